The summed E-state index contributed by atoms with van der Waals surface area (Å²) in [7, 11) is 0. The van der Waals surface area contributed by atoms with Gasteiger partial charge in [0, 0.05) is 12.4 Å². The van der Waals surface area contributed by atoms with Gasteiger partial charge in [0.15, 0.2) is 11.6 Å². The molecule has 0 radical (unpaired) electrons. The molecule has 0 N–H and O–H groups in total. The fraction of sp³-hybridized carbons (Fsp3) is 0.222. The van der Waals surface area contributed by atoms with E-state index in [0.717, 1.165) is 6.07 Å². The summed E-state index contributed by atoms with van der Waals surface area (Å²) in [5.74, 6) is -3.77. The van der Waals surface area contributed by atoms with Crippen molar-refractivity contribution in [2.45, 2.75) is 12.8 Å². The number of hydrogen-bond acceptors (Lipinski definition) is 3. The Morgan fingerprint density at radius 1 is 1.38 bits per heavy atom. The average Bonchev–Trinajstić information content (AvgIpc) is 2.07. The highest BCUT2D eigenvalue weighted by Crippen LogP contribution is 2.26. The zero-order chi connectivity index (χ0) is 12.3. The minimum Gasteiger partial charge on any atom is -0.550 e. The van der Waals surface area contributed by atoms with Crippen molar-refractivity contribution in [3.05, 3.63) is 29.6 Å². The molecule has 0 bridgehead atoms. The molecule has 0 saturated heterocycles. The smallest absolute Gasteiger partial charge is 0.550 e. The van der Waals surface area contributed by atoms with Crippen LogP contribution < -0.4 is 9.84 Å². The lowest BCUT2D eigenvalue weighted by molar-refractivity contribution is -0.304. The van der Waals surface area contributed by atoms with Gasteiger partial charge in [-0.3, -0.25) is 0 Å². The molecule has 88 valence electrons. The van der Waals surface area contributed by atoms with Crippen molar-refractivity contribution in [1.29, 1.82) is 0 Å². The van der Waals surface area contributed by atoms with Crippen LogP contribution in [0.2, 0.25) is 0 Å². The third kappa shape index (κ3) is 3.76. The Bertz CT molecular complexity index is 400. The molecule has 7 heteroatoms. The van der Waals surface area contributed by atoms with E-state index < -0.39 is 30.3 Å². The molecule has 1 aromatic carbocycles. The third-order valence-electron chi connectivity index (χ3n) is 1.57. The summed E-state index contributed by atoms with van der Waals surface area (Å²) >= 11 is 0. The standard InChI is InChI=1S/C9H6F4O3/c10-6-2-1-5(4-8(14)15)3-7(6)16-9(11,12)13/h1-3H,4H2,(H,14,15)/p-1. The Balaban J connectivity index is 2.95. The van der Waals surface area contributed by atoms with Crippen LogP contribution >= 0.6 is 0 Å². The van der Waals surface area contributed by atoms with Crippen LogP contribution in [-0.4, -0.2) is 12.3 Å². The molecular formula is C9H5F4O3-. The summed E-state index contributed by atoms with van der Waals surface area (Å²) in [6.07, 6.45) is -5.64. The normalized spacial score (nSPS) is 11.2. The Labute approximate surface area is 87.3 Å². The number of hydrogen-bond donors (Lipinski definition) is 0. The molecular weight excluding hydrogens is 232 g/mol. The monoisotopic (exact) mass is 237 g/mol. The first-order valence-electron chi connectivity index (χ1n) is 4.02. The van der Waals surface area contributed by atoms with Crippen molar-refractivity contribution in [3.63, 3.8) is 0 Å². The number of carbonyl (C=O) groups excluding carboxylic acids is 1. The average molecular weight is 237 g/mol. The molecule has 0 aliphatic rings. The molecule has 16 heavy (non-hydrogen) atoms. The number of carboxylic acids is 1. The molecule has 0 aromatic heterocycles. The predicted octanol–water partition coefficient (Wildman–Crippen LogP) is 1.02. The van der Waals surface area contributed by atoms with E-state index in [-0.39, 0.29) is 5.56 Å². The summed E-state index contributed by atoms with van der Waals surface area (Å²) < 4.78 is 51.6. The summed E-state index contributed by atoms with van der Waals surface area (Å²) in [5, 5.41) is 10.2. The van der Waals surface area contributed by atoms with Crippen LogP contribution in [-0.2, 0) is 11.2 Å². The largest absolute Gasteiger partial charge is 0.573 e. The fourth-order valence-electron chi connectivity index (χ4n) is 1.03. The number of aliphatic carboxylic acids is 1. The van der Waals surface area contributed by atoms with Gasteiger partial charge in [0.25, 0.3) is 0 Å². The van der Waals surface area contributed by atoms with E-state index >= 15 is 0 Å². The molecule has 0 fully saturated rings. The highest BCUT2D eigenvalue weighted by atomic mass is 19.4. The minimum atomic E-state index is -5.03. The van der Waals surface area contributed by atoms with Crippen LogP contribution in [0.3, 0.4) is 0 Å². The van der Waals surface area contributed by atoms with Gasteiger partial charge in [-0.25, -0.2) is 4.39 Å². The summed E-state index contributed by atoms with van der Waals surface area (Å²) in [5.41, 5.74) is -0.0411. The molecule has 0 unspecified atom stereocenters. The molecule has 0 atom stereocenters. The van der Waals surface area contributed by atoms with Crippen molar-refractivity contribution in [3.8, 4) is 5.75 Å². The SMILES string of the molecule is O=C([O-])Cc1ccc(F)c(OC(F)(F)F)c1. The van der Waals surface area contributed by atoms with Crippen molar-refractivity contribution >= 4 is 5.97 Å². The molecule has 3 nitrogen and oxygen atoms in total. The molecule has 0 amide bonds. The van der Waals surface area contributed by atoms with E-state index in [0.29, 0.717) is 12.1 Å². The molecule has 0 aliphatic heterocycles. The minimum absolute atomic E-state index is 0.0411. The quantitative estimate of drug-likeness (QED) is 0.737. The van der Waals surface area contributed by atoms with Crippen LogP contribution in [0.5, 0.6) is 5.75 Å². The van der Waals surface area contributed by atoms with Crippen molar-refractivity contribution in [2.75, 3.05) is 0 Å². The summed E-state index contributed by atoms with van der Waals surface area (Å²) in [6, 6.07) is 2.40. The van der Waals surface area contributed by atoms with Gasteiger partial charge in [0.05, 0.1) is 0 Å². The zero-order valence-electron chi connectivity index (χ0n) is 7.68. The highest BCUT2D eigenvalue weighted by molar-refractivity contribution is 5.68. The van der Waals surface area contributed by atoms with Gasteiger partial charge >= 0.3 is 6.36 Å². The van der Waals surface area contributed by atoms with Crippen LogP contribution in [0.1, 0.15) is 5.56 Å². The van der Waals surface area contributed by atoms with Crippen LogP contribution in [0.25, 0.3) is 0 Å². The fourth-order valence-corrected chi connectivity index (χ4v) is 1.03. The lowest BCUT2D eigenvalue weighted by Crippen LogP contribution is -2.24. The van der Waals surface area contributed by atoms with E-state index in [2.05, 4.69) is 4.74 Å². The van der Waals surface area contributed by atoms with Crippen molar-refractivity contribution in [2.24, 2.45) is 0 Å². The van der Waals surface area contributed by atoms with E-state index in [9.17, 15) is 27.5 Å². The Kier molecular flexibility index (Phi) is 3.36. The van der Waals surface area contributed by atoms with Gasteiger partial charge in [-0.1, -0.05) is 6.07 Å². The molecule has 0 aliphatic carbocycles. The maximum absolute atomic E-state index is 12.8. The lowest BCUT2D eigenvalue weighted by atomic mass is 10.1. The first-order chi connectivity index (χ1) is 7.28. The van der Waals surface area contributed by atoms with Gasteiger partial charge in [-0.2, -0.15) is 0 Å². The van der Waals surface area contributed by atoms with Gasteiger partial charge in [0.2, 0.25) is 0 Å². The number of halogens is 4. The second kappa shape index (κ2) is 4.38. The maximum Gasteiger partial charge on any atom is 0.573 e. The van der Waals surface area contributed by atoms with E-state index in [1.54, 1.807) is 0 Å². The number of carboxylic acid groups (broad SMARTS) is 1. The molecule has 0 heterocycles. The van der Waals surface area contributed by atoms with Crippen LogP contribution in [0, 0.1) is 5.82 Å². The van der Waals surface area contributed by atoms with E-state index in [4.69, 9.17) is 0 Å². The van der Waals surface area contributed by atoms with Gasteiger partial charge < -0.3 is 14.6 Å². The van der Waals surface area contributed by atoms with Gasteiger partial charge in [-0.05, 0) is 17.7 Å². The number of ether oxygens (including phenoxy) is 1. The second-order valence-electron chi connectivity index (χ2n) is 2.86. The Hall–Kier alpha value is -1.79. The summed E-state index contributed by atoms with van der Waals surface area (Å²) in [6.45, 7) is 0. The van der Waals surface area contributed by atoms with Gasteiger partial charge in [0.1, 0.15) is 0 Å². The van der Waals surface area contributed by atoms with Crippen molar-refractivity contribution in [1.82, 2.24) is 0 Å². The number of benzene rings is 1. The van der Waals surface area contributed by atoms with Crippen molar-refractivity contribution < 1.29 is 32.2 Å². The highest BCUT2D eigenvalue weighted by Gasteiger charge is 2.32. The maximum atomic E-state index is 12.8. The summed E-state index contributed by atoms with van der Waals surface area (Å²) in [4.78, 5) is 10.2. The van der Waals surface area contributed by atoms with Gasteiger partial charge in [-0.15, -0.1) is 13.2 Å². The van der Waals surface area contributed by atoms with Crippen LogP contribution in [0.4, 0.5) is 17.6 Å². The predicted molar refractivity (Wildman–Crippen MR) is 41.8 cm³/mol. The topological polar surface area (TPSA) is 49.4 Å². The lowest BCUT2D eigenvalue weighted by Gasteiger charge is -2.11. The van der Waals surface area contributed by atoms with Crippen LogP contribution in [0.15, 0.2) is 18.2 Å². The molecule has 0 saturated carbocycles. The van der Waals surface area contributed by atoms with E-state index in [1.165, 1.54) is 0 Å². The zero-order valence-corrected chi connectivity index (χ0v) is 7.68. The molecule has 0 spiro atoms. The first kappa shape index (κ1) is 12.3. The Morgan fingerprint density at radius 2 is 2.00 bits per heavy atom. The molecule has 1 aromatic rings. The second-order valence-corrected chi connectivity index (χ2v) is 2.86. The van der Waals surface area contributed by atoms with E-state index in [1.807, 2.05) is 0 Å². The third-order valence-corrected chi connectivity index (χ3v) is 1.57. The number of carbonyl (C=O) groups is 1. The number of rotatable bonds is 3. The number of alkyl halides is 3. The Morgan fingerprint density at radius 3 is 2.50 bits per heavy atom. The first-order valence-corrected chi connectivity index (χ1v) is 4.02. The molecule has 1 rings (SSSR count).